The molecule has 0 bridgehead atoms. The van der Waals surface area contributed by atoms with Gasteiger partial charge in [-0.05, 0) is 62.9 Å². The molecule has 0 aromatic heterocycles. The maximum absolute atomic E-state index is 14.1. The molecule has 2 N–H and O–H groups in total. The average molecular weight is 287 g/mol. The zero-order valence-electron chi connectivity index (χ0n) is 13.0. The fourth-order valence-corrected chi connectivity index (χ4v) is 2.35. The summed E-state index contributed by atoms with van der Waals surface area (Å²) in [6.07, 6.45) is 0.450. The highest BCUT2D eigenvalue weighted by atomic mass is 19.1. The molecule has 2 aromatic rings. The Hall–Kier alpha value is -1.87. The van der Waals surface area contributed by atoms with Crippen LogP contribution >= 0.6 is 0 Å². The van der Waals surface area contributed by atoms with Crippen molar-refractivity contribution in [2.45, 2.75) is 40.2 Å². The van der Waals surface area contributed by atoms with Gasteiger partial charge < -0.3 is 10.5 Å². The van der Waals surface area contributed by atoms with Crippen LogP contribution in [-0.4, -0.2) is 6.04 Å². The van der Waals surface area contributed by atoms with Crippen LogP contribution in [0, 0.1) is 26.6 Å². The number of nitrogens with two attached hydrogens (primary N) is 1. The fraction of sp³-hybridized carbons (Fsp3) is 0.333. The fourth-order valence-electron chi connectivity index (χ4n) is 2.35. The Labute approximate surface area is 125 Å². The Morgan fingerprint density at radius 2 is 1.76 bits per heavy atom. The van der Waals surface area contributed by atoms with Crippen molar-refractivity contribution in [3.63, 3.8) is 0 Å². The van der Waals surface area contributed by atoms with E-state index in [1.54, 1.807) is 12.1 Å². The Balaban J connectivity index is 2.45. The lowest BCUT2D eigenvalue weighted by Crippen LogP contribution is -2.19. The summed E-state index contributed by atoms with van der Waals surface area (Å²) in [5.74, 6) is 1.07. The molecule has 0 radical (unpaired) electrons. The van der Waals surface area contributed by atoms with Gasteiger partial charge in [-0.15, -0.1) is 0 Å². The van der Waals surface area contributed by atoms with Crippen molar-refractivity contribution in [1.29, 1.82) is 0 Å². The number of hydrogen-bond acceptors (Lipinski definition) is 2. The maximum atomic E-state index is 14.1. The second kappa shape index (κ2) is 6.27. The molecule has 2 rings (SSSR count). The van der Waals surface area contributed by atoms with Crippen LogP contribution in [0.25, 0.3) is 0 Å². The molecule has 0 heterocycles. The summed E-state index contributed by atoms with van der Waals surface area (Å²) >= 11 is 0. The van der Waals surface area contributed by atoms with Gasteiger partial charge in [0.1, 0.15) is 17.3 Å². The van der Waals surface area contributed by atoms with E-state index in [2.05, 4.69) is 6.07 Å². The van der Waals surface area contributed by atoms with E-state index < -0.39 is 0 Å². The highest BCUT2D eigenvalue weighted by Crippen LogP contribution is 2.33. The van der Waals surface area contributed by atoms with E-state index in [9.17, 15) is 4.39 Å². The van der Waals surface area contributed by atoms with Crippen LogP contribution in [0.15, 0.2) is 30.3 Å². The monoisotopic (exact) mass is 287 g/mol. The molecule has 112 valence electrons. The molecule has 0 saturated heterocycles. The first kappa shape index (κ1) is 15.5. The van der Waals surface area contributed by atoms with E-state index in [1.807, 2.05) is 33.8 Å². The highest BCUT2D eigenvalue weighted by Gasteiger charge is 2.14. The van der Waals surface area contributed by atoms with Gasteiger partial charge in [-0.25, -0.2) is 4.39 Å². The molecule has 0 aliphatic heterocycles. The second-order valence-corrected chi connectivity index (χ2v) is 5.65. The average Bonchev–Trinajstić information content (AvgIpc) is 2.42. The van der Waals surface area contributed by atoms with E-state index in [-0.39, 0.29) is 11.9 Å². The summed E-state index contributed by atoms with van der Waals surface area (Å²) in [6.45, 7) is 7.91. The standard InChI is InChI=1S/C18H22FNO/c1-11-8-9-12(2)18(14(11)4)21-17-7-5-6-16(19)15(17)10-13(3)20/h5-9,13H,10,20H2,1-4H3. The van der Waals surface area contributed by atoms with Crippen LogP contribution in [0.4, 0.5) is 4.39 Å². The Morgan fingerprint density at radius 1 is 1.10 bits per heavy atom. The number of ether oxygens (including phenoxy) is 1. The lowest BCUT2D eigenvalue weighted by atomic mass is 10.0. The van der Waals surface area contributed by atoms with Crippen molar-refractivity contribution in [1.82, 2.24) is 0 Å². The van der Waals surface area contributed by atoms with E-state index >= 15 is 0 Å². The lowest BCUT2D eigenvalue weighted by Gasteiger charge is -2.17. The Bertz CT molecular complexity index is 650. The van der Waals surface area contributed by atoms with Crippen molar-refractivity contribution < 1.29 is 9.13 Å². The molecule has 0 aliphatic carbocycles. The molecule has 2 aromatic carbocycles. The van der Waals surface area contributed by atoms with Crippen molar-refractivity contribution in [3.8, 4) is 11.5 Å². The zero-order chi connectivity index (χ0) is 15.6. The van der Waals surface area contributed by atoms with Crippen molar-refractivity contribution in [3.05, 3.63) is 58.4 Å². The SMILES string of the molecule is Cc1ccc(C)c(Oc2cccc(F)c2CC(C)N)c1C. The van der Waals surface area contributed by atoms with Gasteiger partial charge >= 0.3 is 0 Å². The van der Waals surface area contributed by atoms with Crippen LogP contribution in [-0.2, 0) is 6.42 Å². The summed E-state index contributed by atoms with van der Waals surface area (Å²) in [5, 5.41) is 0. The molecule has 2 nitrogen and oxygen atoms in total. The third-order valence-corrected chi connectivity index (χ3v) is 3.69. The third kappa shape index (κ3) is 3.42. The van der Waals surface area contributed by atoms with E-state index in [1.165, 1.54) is 6.07 Å². The van der Waals surface area contributed by atoms with Crippen molar-refractivity contribution in [2.24, 2.45) is 5.73 Å². The second-order valence-electron chi connectivity index (χ2n) is 5.65. The summed E-state index contributed by atoms with van der Waals surface area (Å²) in [4.78, 5) is 0. The van der Waals surface area contributed by atoms with Gasteiger partial charge in [0, 0.05) is 11.6 Å². The Morgan fingerprint density at radius 3 is 2.43 bits per heavy atom. The van der Waals surface area contributed by atoms with Gasteiger partial charge in [-0.3, -0.25) is 0 Å². The van der Waals surface area contributed by atoms with Gasteiger partial charge in [-0.2, -0.15) is 0 Å². The normalized spacial score (nSPS) is 12.3. The van der Waals surface area contributed by atoms with Gasteiger partial charge in [0.05, 0.1) is 0 Å². The topological polar surface area (TPSA) is 35.2 Å². The molecule has 0 spiro atoms. The van der Waals surface area contributed by atoms with Crippen molar-refractivity contribution >= 4 is 0 Å². The molecule has 0 amide bonds. The predicted octanol–water partition coefficient (Wildman–Crippen LogP) is 4.43. The smallest absolute Gasteiger partial charge is 0.133 e. The molecule has 1 atom stereocenters. The molecule has 3 heteroatoms. The van der Waals surface area contributed by atoms with E-state index in [0.717, 1.165) is 22.4 Å². The van der Waals surface area contributed by atoms with Crippen LogP contribution in [0.5, 0.6) is 11.5 Å². The molecule has 0 aliphatic rings. The van der Waals surface area contributed by atoms with Crippen LogP contribution < -0.4 is 10.5 Å². The number of rotatable bonds is 4. The highest BCUT2D eigenvalue weighted by molar-refractivity contribution is 5.48. The van der Waals surface area contributed by atoms with Gasteiger partial charge in [0.25, 0.3) is 0 Å². The van der Waals surface area contributed by atoms with Crippen LogP contribution in [0.1, 0.15) is 29.2 Å². The first-order valence-electron chi connectivity index (χ1n) is 7.17. The minimum absolute atomic E-state index is 0.121. The molecular weight excluding hydrogens is 265 g/mol. The number of hydrogen-bond donors (Lipinski definition) is 1. The van der Waals surface area contributed by atoms with Crippen LogP contribution in [0.3, 0.4) is 0 Å². The summed E-state index contributed by atoms with van der Waals surface area (Å²) in [6, 6.07) is 8.86. The molecule has 0 fully saturated rings. The minimum Gasteiger partial charge on any atom is -0.456 e. The predicted molar refractivity (Wildman–Crippen MR) is 84.5 cm³/mol. The molecule has 0 saturated carbocycles. The molecular formula is C18H22FNO. The summed E-state index contributed by atoms with van der Waals surface area (Å²) in [5.41, 5.74) is 9.62. The number of aryl methyl sites for hydroxylation is 2. The molecule has 21 heavy (non-hydrogen) atoms. The van der Waals surface area contributed by atoms with Gasteiger partial charge in [0.15, 0.2) is 0 Å². The third-order valence-electron chi connectivity index (χ3n) is 3.69. The van der Waals surface area contributed by atoms with E-state index in [4.69, 9.17) is 10.5 Å². The molecule has 1 unspecified atom stereocenters. The van der Waals surface area contributed by atoms with Gasteiger partial charge in [-0.1, -0.05) is 18.2 Å². The number of halogens is 1. The number of benzene rings is 2. The lowest BCUT2D eigenvalue weighted by molar-refractivity contribution is 0.457. The largest absolute Gasteiger partial charge is 0.456 e. The summed E-state index contributed by atoms with van der Waals surface area (Å²) in [7, 11) is 0. The maximum Gasteiger partial charge on any atom is 0.133 e. The zero-order valence-corrected chi connectivity index (χ0v) is 13.0. The first-order valence-corrected chi connectivity index (χ1v) is 7.17. The summed E-state index contributed by atoms with van der Waals surface area (Å²) < 4.78 is 20.1. The first-order chi connectivity index (χ1) is 9.90. The Kier molecular flexibility index (Phi) is 4.63. The van der Waals surface area contributed by atoms with Crippen molar-refractivity contribution in [2.75, 3.05) is 0 Å². The minimum atomic E-state index is -0.271. The van der Waals surface area contributed by atoms with E-state index in [0.29, 0.717) is 17.7 Å². The van der Waals surface area contributed by atoms with Gasteiger partial charge in [0.2, 0.25) is 0 Å². The quantitative estimate of drug-likeness (QED) is 0.902. The van der Waals surface area contributed by atoms with Crippen LogP contribution in [0.2, 0.25) is 0 Å².